The monoisotopic (exact) mass is 491 g/mol. The molecule has 1 aliphatic rings. The second-order valence-electron chi connectivity index (χ2n) is 9.59. The van der Waals surface area contributed by atoms with Crippen LogP contribution in [0, 0.1) is 0 Å². The highest BCUT2D eigenvalue weighted by Gasteiger charge is 2.39. The second-order valence-corrected chi connectivity index (χ2v) is 11.2. The third kappa shape index (κ3) is 5.99. The summed E-state index contributed by atoms with van der Waals surface area (Å²) >= 11 is 0. The molecule has 5 nitrogen and oxygen atoms in total. The standard InChI is InChI=1S/C29H34NO4P/c1-22(28(31)21-35(32,33)34)30-29(25-13-7-3-8-14-25,26-15-9-4-10-16-26)27-19-17-24(18-20-27)23-11-5-2-6-12-23/h3-4,7-10,13-20,22-23,30H,2,5-6,11-12,21H2,1H3,(H2,32,33,34)/t22-/m0/s1. The lowest BCUT2D eigenvalue weighted by Gasteiger charge is -2.39. The third-order valence-electron chi connectivity index (χ3n) is 7.11. The average molecular weight is 492 g/mol. The van der Waals surface area contributed by atoms with Crippen LogP contribution >= 0.6 is 7.60 Å². The summed E-state index contributed by atoms with van der Waals surface area (Å²) in [7, 11) is -4.47. The number of ketones is 1. The Hall–Kier alpha value is -2.56. The van der Waals surface area contributed by atoms with E-state index in [1.54, 1.807) is 6.92 Å². The smallest absolute Gasteiger partial charge is 0.324 e. The van der Waals surface area contributed by atoms with E-state index in [-0.39, 0.29) is 0 Å². The molecular formula is C29H34NO4P. The molecule has 3 aromatic carbocycles. The van der Waals surface area contributed by atoms with Gasteiger partial charge in [-0.2, -0.15) is 0 Å². The van der Waals surface area contributed by atoms with Crippen LogP contribution in [0.15, 0.2) is 84.9 Å². The maximum absolute atomic E-state index is 12.8. The molecule has 0 amide bonds. The van der Waals surface area contributed by atoms with E-state index in [4.69, 9.17) is 0 Å². The lowest BCUT2D eigenvalue weighted by molar-refractivity contribution is -0.118. The van der Waals surface area contributed by atoms with Gasteiger partial charge in [-0.15, -0.1) is 0 Å². The van der Waals surface area contributed by atoms with Crippen LogP contribution in [0.1, 0.15) is 67.2 Å². The fourth-order valence-corrected chi connectivity index (χ4v) is 5.99. The Kier molecular flexibility index (Phi) is 8.03. The topological polar surface area (TPSA) is 86.6 Å². The largest absolute Gasteiger partial charge is 0.332 e. The quantitative estimate of drug-likeness (QED) is 0.262. The van der Waals surface area contributed by atoms with Crippen LogP contribution in [0.2, 0.25) is 0 Å². The molecule has 0 aliphatic heterocycles. The number of carbonyl (C=O) groups is 1. The van der Waals surface area contributed by atoms with E-state index in [1.165, 1.54) is 37.7 Å². The van der Waals surface area contributed by atoms with Crippen LogP contribution in [0.3, 0.4) is 0 Å². The van der Waals surface area contributed by atoms with E-state index in [0.29, 0.717) is 5.92 Å². The molecule has 3 N–H and O–H groups in total. The Morgan fingerprint density at radius 3 is 1.83 bits per heavy atom. The lowest BCUT2D eigenvalue weighted by atomic mass is 9.75. The summed E-state index contributed by atoms with van der Waals surface area (Å²) in [4.78, 5) is 31.6. The molecule has 4 rings (SSSR count). The third-order valence-corrected chi connectivity index (χ3v) is 7.84. The normalized spacial score (nSPS) is 16.1. The number of hydrogen-bond acceptors (Lipinski definition) is 3. The molecule has 35 heavy (non-hydrogen) atoms. The molecule has 0 heterocycles. The summed E-state index contributed by atoms with van der Waals surface area (Å²) in [5, 5.41) is 3.51. The summed E-state index contributed by atoms with van der Waals surface area (Å²) in [6, 6.07) is 27.7. The molecular weight excluding hydrogens is 457 g/mol. The van der Waals surface area contributed by atoms with Crippen molar-refractivity contribution in [3.05, 3.63) is 107 Å². The number of Topliss-reactive ketones (excluding diaryl/α,β-unsaturated/α-hetero) is 1. The molecule has 1 aliphatic carbocycles. The molecule has 0 bridgehead atoms. The highest BCUT2D eigenvalue weighted by molar-refractivity contribution is 7.52. The van der Waals surface area contributed by atoms with Gasteiger partial charge in [-0.25, -0.2) is 0 Å². The number of nitrogens with one attached hydrogen (secondary N) is 1. The van der Waals surface area contributed by atoms with Crippen LogP contribution in [0.4, 0.5) is 0 Å². The van der Waals surface area contributed by atoms with Crippen molar-refractivity contribution in [1.29, 1.82) is 0 Å². The van der Waals surface area contributed by atoms with E-state index in [1.807, 2.05) is 60.7 Å². The first-order valence-electron chi connectivity index (χ1n) is 12.4. The zero-order valence-corrected chi connectivity index (χ0v) is 21.0. The molecule has 0 aromatic heterocycles. The van der Waals surface area contributed by atoms with Crippen LogP contribution < -0.4 is 5.32 Å². The highest BCUT2D eigenvalue weighted by atomic mass is 31.2. The van der Waals surface area contributed by atoms with Crippen molar-refractivity contribution in [2.75, 3.05) is 6.16 Å². The summed E-state index contributed by atoms with van der Waals surface area (Å²) in [5.41, 5.74) is 3.34. The molecule has 1 fully saturated rings. The van der Waals surface area contributed by atoms with E-state index in [9.17, 15) is 19.1 Å². The molecule has 1 atom stereocenters. The zero-order valence-electron chi connectivity index (χ0n) is 20.1. The Morgan fingerprint density at radius 1 is 0.857 bits per heavy atom. The van der Waals surface area contributed by atoms with E-state index in [2.05, 4.69) is 29.6 Å². The van der Waals surface area contributed by atoms with Crippen molar-refractivity contribution in [1.82, 2.24) is 5.32 Å². The van der Waals surface area contributed by atoms with Crippen molar-refractivity contribution in [2.24, 2.45) is 0 Å². The molecule has 6 heteroatoms. The molecule has 3 aromatic rings. The maximum atomic E-state index is 12.8. The van der Waals surface area contributed by atoms with Crippen LogP contribution in [0.25, 0.3) is 0 Å². The van der Waals surface area contributed by atoms with Gasteiger partial charge in [0.1, 0.15) is 6.16 Å². The van der Waals surface area contributed by atoms with Gasteiger partial charge in [0.25, 0.3) is 0 Å². The van der Waals surface area contributed by atoms with Gasteiger partial charge >= 0.3 is 7.60 Å². The van der Waals surface area contributed by atoms with Crippen molar-refractivity contribution < 1.29 is 19.1 Å². The fraction of sp³-hybridized carbons (Fsp3) is 0.345. The van der Waals surface area contributed by atoms with Gasteiger partial charge in [0.2, 0.25) is 0 Å². The molecule has 0 radical (unpaired) electrons. The van der Waals surface area contributed by atoms with Gasteiger partial charge in [-0.3, -0.25) is 14.7 Å². The number of hydrogen-bond donors (Lipinski definition) is 3. The number of carbonyl (C=O) groups excluding carboxylic acids is 1. The van der Waals surface area contributed by atoms with Crippen LogP contribution in [-0.4, -0.2) is 27.8 Å². The predicted octanol–water partition coefficient (Wildman–Crippen LogP) is 5.75. The van der Waals surface area contributed by atoms with Gasteiger partial charge in [0.05, 0.1) is 11.6 Å². The lowest BCUT2D eigenvalue weighted by Crippen LogP contribution is -2.52. The average Bonchev–Trinajstić information content (AvgIpc) is 2.88. The SMILES string of the molecule is C[C@H](NC(c1ccccc1)(c1ccccc1)c1ccc(C2CCCCC2)cc1)C(=O)CP(=O)(O)O. The van der Waals surface area contributed by atoms with Gasteiger partial charge in [0, 0.05) is 0 Å². The van der Waals surface area contributed by atoms with E-state index in [0.717, 1.165) is 16.7 Å². The van der Waals surface area contributed by atoms with E-state index >= 15 is 0 Å². The van der Waals surface area contributed by atoms with Gasteiger partial charge in [-0.05, 0) is 47.9 Å². The highest BCUT2D eigenvalue weighted by Crippen LogP contribution is 2.40. The first-order chi connectivity index (χ1) is 16.8. The zero-order chi connectivity index (χ0) is 24.9. The van der Waals surface area contributed by atoms with Crippen LogP contribution in [-0.2, 0) is 14.9 Å². The minimum absolute atomic E-state index is 0.520. The molecule has 0 spiro atoms. The van der Waals surface area contributed by atoms with Crippen molar-refractivity contribution in [2.45, 2.75) is 56.5 Å². The fourth-order valence-electron chi connectivity index (χ4n) is 5.31. The van der Waals surface area contributed by atoms with Crippen molar-refractivity contribution in [3.8, 4) is 0 Å². The van der Waals surface area contributed by atoms with Gasteiger partial charge in [0.15, 0.2) is 5.78 Å². The first-order valence-corrected chi connectivity index (χ1v) is 14.2. The maximum Gasteiger partial charge on any atom is 0.332 e. The predicted molar refractivity (Wildman–Crippen MR) is 140 cm³/mol. The summed E-state index contributed by atoms with van der Waals surface area (Å²) in [5.74, 6) is 0.0609. The summed E-state index contributed by atoms with van der Waals surface area (Å²) in [6.07, 6.45) is 5.49. The molecule has 0 saturated heterocycles. The summed E-state index contributed by atoms with van der Waals surface area (Å²) in [6.45, 7) is 1.68. The van der Waals surface area contributed by atoms with Crippen molar-refractivity contribution >= 4 is 13.4 Å². The second kappa shape index (κ2) is 11.0. The van der Waals surface area contributed by atoms with Crippen LogP contribution in [0.5, 0.6) is 0 Å². The Balaban J connectivity index is 1.82. The summed E-state index contributed by atoms with van der Waals surface area (Å²) < 4.78 is 11.6. The number of benzene rings is 3. The van der Waals surface area contributed by atoms with Gasteiger partial charge in [-0.1, -0.05) is 104 Å². The first kappa shape index (κ1) is 25.5. The van der Waals surface area contributed by atoms with E-state index < -0.39 is 31.1 Å². The Morgan fingerprint density at radius 2 is 1.34 bits per heavy atom. The number of rotatable bonds is 9. The molecule has 0 unspecified atom stereocenters. The minimum Gasteiger partial charge on any atom is -0.324 e. The van der Waals surface area contributed by atoms with Crippen molar-refractivity contribution in [3.63, 3.8) is 0 Å². The Bertz CT molecular complexity index is 1110. The van der Waals surface area contributed by atoms with Gasteiger partial charge < -0.3 is 9.79 Å². The minimum atomic E-state index is -4.47. The molecule has 184 valence electrons. The molecule has 1 saturated carbocycles. The Labute approximate surface area is 207 Å².